The zero-order valence-electron chi connectivity index (χ0n) is 13.6. The zero-order chi connectivity index (χ0) is 15.0. The van der Waals surface area contributed by atoms with Gasteiger partial charge in [0.05, 0.1) is 17.4 Å². The predicted molar refractivity (Wildman–Crippen MR) is 82.9 cm³/mol. The molecular weight excluding hydrogens is 278 g/mol. The monoisotopic (exact) mass is 305 g/mol. The smallest absolute Gasteiger partial charge is 0.234 e. The van der Waals surface area contributed by atoms with Gasteiger partial charge >= 0.3 is 0 Å². The van der Waals surface area contributed by atoms with Crippen LogP contribution in [0.15, 0.2) is 4.52 Å². The fourth-order valence-electron chi connectivity index (χ4n) is 5.07. The van der Waals surface area contributed by atoms with Gasteiger partial charge in [-0.1, -0.05) is 30.8 Å². The highest BCUT2D eigenvalue weighted by atomic mass is 16.5. The highest BCUT2D eigenvalue weighted by molar-refractivity contribution is 5.19. The first kappa shape index (κ1) is 14.6. The summed E-state index contributed by atoms with van der Waals surface area (Å²) in [5.41, 5.74) is 0.0830. The molecule has 1 aliphatic heterocycles. The van der Waals surface area contributed by atoms with E-state index in [1.165, 1.54) is 38.5 Å². The van der Waals surface area contributed by atoms with Crippen molar-refractivity contribution < 1.29 is 9.26 Å². The Morgan fingerprint density at radius 3 is 2.82 bits per heavy atom. The first-order valence-electron chi connectivity index (χ1n) is 8.86. The van der Waals surface area contributed by atoms with Crippen LogP contribution in [0.2, 0.25) is 0 Å². The Labute approximate surface area is 132 Å². The second-order valence-electron chi connectivity index (χ2n) is 7.50. The van der Waals surface area contributed by atoms with Gasteiger partial charge in [0.15, 0.2) is 5.82 Å². The molecule has 1 saturated heterocycles. The van der Waals surface area contributed by atoms with E-state index in [-0.39, 0.29) is 10.8 Å². The summed E-state index contributed by atoms with van der Waals surface area (Å²) >= 11 is 0. The maximum atomic E-state index is 5.84. The van der Waals surface area contributed by atoms with Crippen LogP contribution in [0.5, 0.6) is 0 Å². The van der Waals surface area contributed by atoms with E-state index in [0.717, 1.165) is 37.5 Å². The molecule has 1 aromatic heterocycles. The molecule has 0 bridgehead atoms. The van der Waals surface area contributed by atoms with Gasteiger partial charge in [-0.15, -0.1) is 0 Å². The van der Waals surface area contributed by atoms with Crippen molar-refractivity contribution in [2.75, 3.05) is 20.3 Å². The number of nitrogens with one attached hydrogen (secondary N) is 1. The van der Waals surface area contributed by atoms with E-state index in [1.807, 2.05) is 0 Å². The van der Waals surface area contributed by atoms with Crippen LogP contribution >= 0.6 is 0 Å². The molecule has 4 rings (SSSR count). The second-order valence-corrected chi connectivity index (χ2v) is 7.50. The lowest BCUT2D eigenvalue weighted by atomic mass is 9.70. The van der Waals surface area contributed by atoms with Crippen molar-refractivity contribution in [2.24, 2.45) is 0 Å². The molecule has 5 heteroatoms. The molecule has 22 heavy (non-hydrogen) atoms. The highest BCUT2D eigenvalue weighted by Gasteiger charge is 2.50. The molecule has 0 radical (unpaired) electrons. The molecule has 3 aliphatic rings. The molecule has 2 saturated carbocycles. The number of hydrogen-bond donors (Lipinski definition) is 1. The lowest BCUT2D eigenvalue weighted by Gasteiger charge is -2.35. The molecule has 0 aromatic carbocycles. The molecule has 1 aromatic rings. The molecule has 0 unspecified atom stereocenters. The van der Waals surface area contributed by atoms with Crippen molar-refractivity contribution in [1.29, 1.82) is 0 Å². The number of fused-ring (bicyclic) bond motifs is 1. The summed E-state index contributed by atoms with van der Waals surface area (Å²) in [5, 5.41) is 8.08. The van der Waals surface area contributed by atoms with Gasteiger partial charge in [0.2, 0.25) is 5.89 Å². The van der Waals surface area contributed by atoms with Crippen LogP contribution in [0.1, 0.15) is 69.5 Å². The molecule has 2 aliphatic carbocycles. The molecule has 0 amide bonds. The van der Waals surface area contributed by atoms with Crippen molar-refractivity contribution >= 4 is 0 Å². The summed E-state index contributed by atoms with van der Waals surface area (Å²) in [6.07, 6.45) is 10.9. The highest BCUT2D eigenvalue weighted by Crippen LogP contribution is 2.46. The Kier molecular flexibility index (Phi) is 3.73. The van der Waals surface area contributed by atoms with Crippen molar-refractivity contribution in [3.63, 3.8) is 0 Å². The van der Waals surface area contributed by atoms with Crippen molar-refractivity contribution in [3.8, 4) is 0 Å². The topological polar surface area (TPSA) is 60.2 Å². The van der Waals surface area contributed by atoms with E-state index in [1.54, 1.807) is 7.11 Å². The molecular formula is C17H27N3O2. The summed E-state index contributed by atoms with van der Waals surface area (Å²) < 4.78 is 11.3. The van der Waals surface area contributed by atoms with Gasteiger partial charge in [0.1, 0.15) is 0 Å². The number of rotatable bonds is 4. The summed E-state index contributed by atoms with van der Waals surface area (Å²) in [7, 11) is 1.78. The lowest BCUT2D eigenvalue weighted by molar-refractivity contribution is 0.125. The van der Waals surface area contributed by atoms with Crippen LogP contribution in [0.3, 0.4) is 0 Å². The van der Waals surface area contributed by atoms with Gasteiger partial charge in [0, 0.05) is 13.2 Å². The van der Waals surface area contributed by atoms with Crippen LogP contribution in [0, 0.1) is 0 Å². The number of hydrogen-bond acceptors (Lipinski definition) is 5. The maximum Gasteiger partial charge on any atom is 0.234 e. The summed E-state index contributed by atoms with van der Waals surface area (Å²) in [6.45, 7) is 1.78. The van der Waals surface area contributed by atoms with Gasteiger partial charge in [-0.25, -0.2) is 0 Å². The van der Waals surface area contributed by atoms with Gasteiger partial charge in [-0.2, -0.15) is 4.98 Å². The van der Waals surface area contributed by atoms with Crippen molar-refractivity contribution in [1.82, 2.24) is 15.5 Å². The Morgan fingerprint density at radius 1 is 1.18 bits per heavy atom. The molecule has 2 atom stereocenters. The minimum atomic E-state index is -0.0106. The maximum absolute atomic E-state index is 5.84. The minimum absolute atomic E-state index is 0.0106. The predicted octanol–water partition coefficient (Wildman–Crippen LogP) is 2.70. The van der Waals surface area contributed by atoms with E-state index in [2.05, 4.69) is 10.5 Å². The van der Waals surface area contributed by atoms with Crippen molar-refractivity contribution in [3.05, 3.63) is 11.7 Å². The van der Waals surface area contributed by atoms with E-state index >= 15 is 0 Å². The van der Waals surface area contributed by atoms with E-state index in [4.69, 9.17) is 14.2 Å². The number of nitrogens with zero attached hydrogens (tertiary/aromatic N) is 2. The second kappa shape index (κ2) is 5.60. The quantitative estimate of drug-likeness (QED) is 0.927. The van der Waals surface area contributed by atoms with Gasteiger partial charge in [0.25, 0.3) is 0 Å². The fourth-order valence-corrected chi connectivity index (χ4v) is 5.07. The fraction of sp³-hybridized carbons (Fsp3) is 0.882. The van der Waals surface area contributed by atoms with Crippen LogP contribution in [0.4, 0.5) is 0 Å². The Bertz CT molecular complexity index is 524. The average molecular weight is 305 g/mol. The van der Waals surface area contributed by atoms with Crippen molar-refractivity contribution in [2.45, 2.75) is 74.7 Å². The third-order valence-corrected chi connectivity index (χ3v) is 6.30. The Balaban J connectivity index is 1.66. The van der Waals surface area contributed by atoms with Gasteiger partial charge in [-0.3, -0.25) is 0 Å². The van der Waals surface area contributed by atoms with Crippen LogP contribution in [-0.2, 0) is 15.6 Å². The molecule has 122 valence electrons. The normalized spacial score (nSPS) is 34.0. The number of ether oxygens (including phenoxy) is 1. The average Bonchev–Trinajstić information content (AvgIpc) is 3.27. The Morgan fingerprint density at radius 2 is 2.00 bits per heavy atom. The largest absolute Gasteiger partial charge is 0.384 e. The third kappa shape index (κ3) is 2.13. The van der Waals surface area contributed by atoms with Crippen LogP contribution < -0.4 is 5.32 Å². The minimum Gasteiger partial charge on any atom is -0.384 e. The first-order valence-corrected chi connectivity index (χ1v) is 8.86. The molecule has 5 nitrogen and oxygen atoms in total. The SMILES string of the molecule is COCC1(c2noc([C@@]34CCCC[C@@H]3NCC4)n2)CCCC1. The summed E-state index contributed by atoms with van der Waals surface area (Å²) in [5.74, 6) is 1.78. The van der Waals surface area contributed by atoms with E-state index in [9.17, 15) is 0 Å². The van der Waals surface area contributed by atoms with Crippen LogP contribution in [-0.4, -0.2) is 36.4 Å². The lowest BCUT2D eigenvalue weighted by Crippen LogP contribution is -2.43. The molecule has 0 spiro atoms. The zero-order valence-corrected chi connectivity index (χ0v) is 13.6. The molecule has 3 fully saturated rings. The number of methoxy groups -OCH3 is 1. The van der Waals surface area contributed by atoms with Crippen LogP contribution in [0.25, 0.3) is 0 Å². The third-order valence-electron chi connectivity index (χ3n) is 6.30. The van der Waals surface area contributed by atoms with Gasteiger partial charge < -0.3 is 14.6 Å². The first-order chi connectivity index (χ1) is 10.8. The molecule has 2 heterocycles. The van der Waals surface area contributed by atoms with E-state index in [0.29, 0.717) is 12.6 Å². The van der Waals surface area contributed by atoms with E-state index < -0.39 is 0 Å². The van der Waals surface area contributed by atoms with Gasteiger partial charge in [-0.05, 0) is 38.6 Å². The Hall–Kier alpha value is -0.940. The summed E-state index contributed by atoms with van der Waals surface area (Å²) in [6, 6.07) is 0.525. The number of aromatic nitrogens is 2. The standard InChI is InChI=1S/C17H27N3O2/c1-21-12-16(7-4-5-8-16)14-19-15(22-20-14)17-9-3-2-6-13(17)18-11-10-17/h13,18H,2-12H2,1H3/t13-,17+/m0/s1. The summed E-state index contributed by atoms with van der Waals surface area (Å²) in [4.78, 5) is 4.94. The molecule has 1 N–H and O–H groups in total.